The third-order valence-electron chi connectivity index (χ3n) is 4.01. The lowest BCUT2D eigenvalue weighted by atomic mass is 10.1. The SMILES string of the molecule is COc1ccnc(Cn2ccc3c4c(N)nc(N)nc4ccc32)c1. The van der Waals surface area contributed by atoms with Crippen molar-refractivity contribution in [2.45, 2.75) is 6.54 Å². The van der Waals surface area contributed by atoms with E-state index in [4.69, 9.17) is 16.2 Å². The average molecular weight is 320 g/mol. The van der Waals surface area contributed by atoms with Crippen molar-refractivity contribution in [3.05, 3.63) is 48.4 Å². The minimum Gasteiger partial charge on any atom is -0.497 e. The van der Waals surface area contributed by atoms with Crippen LogP contribution in [0, 0.1) is 0 Å². The Morgan fingerprint density at radius 3 is 2.83 bits per heavy atom. The number of hydrogen-bond acceptors (Lipinski definition) is 6. The van der Waals surface area contributed by atoms with Crippen molar-refractivity contribution in [2.75, 3.05) is 18.6 Å². The van der Waals surface area contributed by atoms with E-state index in [2.05, 4.69) is 19.5 Å². The second kappa shape index (κ2) is 5.38. The summed E-state index contributed by atoms with van der Waals surface area (Å²) in [5.74, 6) is 1.36. The third kappa shape index (κ3) is 2.26. The van der Waals surface area contributed by atoms with E-state index >= 15 is 0 Å². The van der Waals surface area contributed by atoms with Gasteiger partial charge in [-0.15, -0.1) is 0 Å². The molecule has 0 bridgehead atoms. The maximum absolute atomic E-state index is 6.05. The fraction of sp³-hybridized carbons (Fsp3) is 0.118. The van der Waals surface area contributed by atoms with Crippen LogP contribution in [0.4, 0.5) is 11.8 Å². The predicted octanol–water partition coefficient (Wildman–Crippen LogP) is 2.20. The van der Waals surface area contributed by atoms with Gasteiger partial charge in [-0.2, -0.15) is 4.98 Å². The fourth-order valence-corrected chi connectivity index (χ4v) is 2.93. The van der Waals surface area contributed by atoms with Crippen LogP contribution >= 0.6 is 0 Å². The molecule has 0 unspecified atom stereocenters. The lowest BCUT2D eigenvalue weighted by Crippen LogP contribution is -2.02. The van der Waals surface area contributed by atoms with Crippen molar-refractivity contribution in [3.63, 3.8) is 0 Å². The van der Waals surface area contributed by atoms with Gasteiger partial charge < -0.3 is 20.8 Å². The van der Waals surface area contributed by atoms with Gasteiger partial charge >= 0.3 is 0 Å². The van der Waals surface area contributed by atoms with Gasteiger partial charge in [0.15, 0.2) is 0 Å². The topological polar surface area (TPSA) is 105 Å². The minimum absolute atomic E-state index is 0.180. The number of nitrogens with zero attached hydrogens (tertiary/aromatic N) is 4. The summed E-state index contributed by atoms with van der Waals surface area (Å²) in [7, 11) is 1.64. The lowest BCUT2D eigenvalue weighted by Gasteiger charge is -2.08. The molecule has 0 saturated heterocycles. The number of pyridine rings is 1. The van der Waals surface area contributed by atoms with Crippen LogP contribution in [0.5, 0.6) is 5.75 Å². The number of nitrogen functional groups attached to an aromatic ring is 2. The first-order valence-electron chi connectivity index (χ1n) is 7.45. The van der Waals surface area contributed by atoms with Gasteiger partial charge in [0.1, 0.15) is 11.6 Å². The van der Waals surface area contributed by atoms with Crippen LogP contribution in [0.2, 0.25) is 0 Å². The standard InChI is InChI=1S/C17H16N6O/c1-24-11-4-6-20-10(8-11)9-23-7-5-12-14(23)3-2-13-15(12)16(18)22-17(19)21-13/h2-8H,9H2,1H3,(H4,18,19,21,22). The zero-order valence-electron chi connectivity index (χ0n) is 13.1. The molecular formula is C17H16N6O. The summed E-state index contributed by atoms with van der Waals surface area (Å²) in [5.41, 5.74) is 14.4. The zero-order chi connectivity index (χ0) is 16.7. The lowest BCUT2D eigenvalue weighted by molar-refractivity contribution is 0.413. The minimum atomic E-state index is 0.180. The maximum Gasteiger partial charge on any atom is 0.222 e. The van der Waals surface area contributed by atoms with Gasteiger partial charge in [-0.1, -0.05) is 0 Å². The van der Waals surface area contributed by atoms with Crippen LogP contribution in [-0.2, 0) is 6.54 Å². The average Bonchev–Trinajstić information content (AvgIpc) is 2.97. The van der Waals surface area contributed by atoms with Gasteiger partial charge in [0, 0.05) is 29.4 Å². The first kappa shape index (κ1) is 14.3. The number of benzene rings is 1. The molecule has 0 radical (unpaired) electrons. The summed E-state index contributed by atoms with van der Waals surface area (Å²) in [4.78, 5) is 12.7. The molecule has 3 heterocycles. The molecule has 0 amide bonds. The second-order valence-corrected chi connectivity index (χ2v) is 5.49. The van der Waals surface area contributed by atoms with Gasteiger partial charge in [0.2, 0.25) is 5.95 Å². The molecule has 0 fully saturated rings. The van der Waals surface area contributed by atoms with Crippen molar-refractivity contribution >= 4 is 33.6 Å². The fourth-order valence-electron chi connectivity index (χ4n) is 2.93. The summed E-state index contributed by atoms with van der Waals surface area (Å²) in [6.45, 7) is 0.627. The molecule has 4 aromatic rings. The summed E-state index contributed by atoms with van der Waals surface area (Å²) in [6.07, 6.45) is 3.74. The number of ether oxygens (including phenoxy) is 1. The molecular weight excluding hydrogens is 304 g/mol. The first-order valence-corrected chi connectivity index (χ1v) is 7.45. The highest BCUT2D eigenvalue weighted by Crippen LogP contribution is 2.29. The molecule has 0 aliphatic heterocycles. The number of rotatable bonds is 3. The molecule has 7 nitrogen and oxygen atoms in total. The Morgan fingerprint density at radius 2 is 2.00 bits per heavy atom. The van der Waals surface area contributed by atoms with Crippen molar-refractivity contribution in [3.8, 4) is 5.75 Å². The summed E-state index contributed by atoms with van der Waals surface area (Å²) < 4.78 is 7.36. The highest BCUT2D eigenvalue weighted by Gasteiger charge is 2.11. The normalized spacial score (nSPS) is 11.2. The monoisotopic (exact) mass is 320 g/mol. The Bertz CT molecular complexity index is 1060. The van der Waals surface area contributed by atoms with Gasteiger partial charge in [-0.3, -0.25) is 4.98 Å². The van der Waals surface area contributed by atoms with Crippen LogP contribution in [0.15, 0.2) is 42.7 Å². The Balaban J connectivity index is 1.84. The molecule has 4 N–H and O–H groups in total. The molecule has 7 heteroatoms. The third-order valence-corrected chi connectivity index (χ3v) is 4.01. The van der Waals surface area contributed by atoms with Crippen LogP contribution in [0.25, 0.3) is 21.8 Å². The number of hydrogen-bond donors (Lipinski definition) is 2. The number of nitrogens with two attached hydrogens (primary N) is 2. The van der Waals surface area contributed by atoms with Gasteiger partial charge in [0.05, 0.1) is 30.3 Å². The molecule has 0 aliphatic carbocycles. The highest BCUT2D eigenvalue weighted by atomic mass is 16.5. The van der Waals surface area contributed by atoms with Crippen LogP contribution < -0.4 is 16.2 Å². The number of fused-ring (bicyclic) bond motifs is 3. The van der Waals surface area contributed by atoms with Crippen molar-refractivity contribution in [2.24, 2.45) is 0 Å². The maximum atomic E-state index is 6.05. The van der Waals surface area contributed by atoms with Gasteiger partial charge in [0.25, 0.3) is 0 Å². The molecule has 0 aliphatic rings. The Hall–Kier alpha value is -3.35. The number of aromatic nitrogens is 4. The summed E-state index contributed by atoms with van der Waals surface area (Å²) in [6, 6.07) is 9.66. The molecule has 1 aromatic carbocycles. The van der Waals surface area contributed by atoms with Crippen molar-refractivity contribution < 1.29 is 4.74 Å². The zero-order valence-corrected chi connectivity index (χ0v) is 13.1. The smallest absolute Gasteiger partial charge is 0.222 e. The molecule has 0 spiro atoms. The molecule has 120 valence electrons. The van der Waals surface area contributed by atoms with E-state index in [1.54, 1.807) is 13.3 Å². The molecule has 0 saturated carbocycles. The Morgan fingerprint density at radius 1 is 1.12 bits per heavy atom. The number of methoxy groups -OCH3 is 1. The largest absolute Gasteiger partial charge is 0.497 e. The van der Waals surface area contributed by atoms with Crippen molar-refractivity contribution in [1.82, 2.24) is 19.5 Å². The van der Waals surface area contributed by atoms with E-state index < -0.39 is 0 Å². The van der Waals surface area contributed by atoms with E-state index in [9.17, 15) is 0 Å². The molecule has 24 heavy (non-hydrogen) atoms. The molecule has 3 aromatic heterocycles. The van der Waals surface area contributed by atoms with Gasteiger partial charge in [-0.05, 0) is 24.3 Å². The summed E-state index contributed by atoms with van der Waals surface area (Å²) in [5, 5.41) is 1.81. The Labute approximate surface area is 137 Å². The second-order valence-electron chi connectivity index (χ2n) is 5.49. The van der Waals surface area contributed by atoms with E-state index in [-0.39, 0.29) is 5.95 Å². The predicted molar refractivity (Wildman–Crippen MR) is 93.7 cm³/mol. The number of anilines is 2. The van der Waals surface area contributed by atoms with Crippen LogP contribution in [0.1, 0.15) is 5.69 Å². The Kier molecular flexibility index (Phi) is 3.19. The van der Waals surface area contributed by atoms with Crippen molar-refractivity contribution in [1.29, 1.82) is 0 Å². The van der Waals surface area contributed by atoms with E-state index in [0.717, 1.165) is 33.2 Å². The van der Waals surface area contributed by atoms with Crippen LogP contribution in [-0.4, -0.2) is 26.6 Å². The van der Waals surface area contributed by atoms with E-state index in [1.165, 1.54) is 0 Å². The van der Waals surface area contributed by atoms with E-state index in [1.807, 2.05) is 36.5 Å². The highest BCUT2D eigenvalue weighted by molar-refractivity contribution is 6.10. The van der Waals surface area contributed by atoms with Crippen LogP contribution in [0.3, 0.4) is 0 Å². The molecule has 4 rings (SSSR count). The van der Waals surface area contributed by atoms with Gasteiger partial charge in [-0.25, -0.2) is 4.98 Å². The first-order chi connectivity index (χ1) is 11.7. The van der Waals surface area contributed by atoms with E-state index in [0.29, 0.717) is 12.4 Å². The quantitative estimate of drug-likeness (QED) is 0.599. The summed E-state index contributed by atoms with van der Waals surface area (Å²) >= 11 is 0. The molecule has 0 atom stereocenters.